The van der Waals surface area contributed by atoms with Crippen LogP contribution in [0.3, 0.4) is 0 Å². The van der Waals surface area contributed by atoms with Gasteiger partial charge in [-0.3, -0.25) is 4.68 Å². The number of hydrogen-bond acceptors (Lipinski definition) is 4. The summed E-state index contributed by atoms with van der Waals surface area (Å²) in [6.45, 7) is 0.532. The van der Waals surface area contributed by atoms with Crippen molar-refractivity contribution in [1.29, 1.82) is 0 Å². The SMILES string of the molecule is Cn1cc(-c2nc(CN)sc2C2CCCCC2)cn1. The number of thiazole rings is 1. The second-order valence-corrected chi connectivity index (χ2v) is 6.38. The van der Waals surface area contributed by atoms with Crippen molar-refractivity contribution in [2.75, 3.05) is 0 Å². The van der Waals surface area contributed by atoms with Crippen molar-refractivity contribution in [2.24, 2.45) is 12.8 Å². The van der Waals surface area contributed by atoms with E-state index < -0.39 is 0 Å². The fourth-order valence-electron chi connectivity index (χ4n) is 2.86. The van der Waals surface area contributed by atoms with Gasteiger partial charge in [0.15, 0.2) is 0 Å². The Morgan fingerprint density at radius 1 is 1.37 bits per heavy atom. The average Bonchev–Trinajstić information content (AvgIpc) is 3.05. The van der Waals surface area contributed by atoms with Crippen LogP contribution in [0, 0.1) is 0 Å². The lowest BCUT2D eigenvalue weighted by Gasteiger charge is -2.20. The van der Waals surface area contributed by atoms with Crippen LogP contribution in [0.4, 0.5) is 0 Å². The van der Waals surface area contributed by atoms with Crippen molar-refractivity contribution in [3.8, 4) is 11.3 Å². The smallest absolute Gasteiger partial charge is 0.107 e. The summed E-state index contributed by atoms with van der Waals surface area (Å²) in [7, 11) is 1.94. The van der Waals surface area contributed by atoms with E-state index in [9.17, 15) is 0 Å². The Hall–Kier alpha value is -1.20. The maximum absolute atomic E-state index is 5.77. The Morgan fingerprint density at radius 3 is 2.79 bits per heavy atom. The summed E-state index contributed by atoms with van der Waals surface area (Å²) in [5, 5.41) is 5.31. The van der Waals surface area contributed by atoms with Gasteiger partial charge in [0.1, 0.15) is 5.01 Å². The first-order chi connectivity index (χ1) is 9.28. The number of rotatable bonds is 3. The largest absolute Gasteiger partial charge is 0.325 e. The molecule has 0 aromatic carbocycles. The lowest BCUT2D eigenvalue weighted by atomic mass is 9.87. The molecule has 1 aliphatic rings. The third-order valence-corrected chi connectivity index (χ3v) is 5.07. The minimum atomic E-state index is 0.532. The van der Waals surface area contributed by atoms with Crippen LogP contribution in [0.5, 0.6) is 0 Å². The van der Waals surface area contributed by atoms with Gasteiger partial charge < -0.3 is 5.73 Å². The van der Waals surface area contributed by atoms with Crippen molar-refractivity contribution >= 4 is 11.3 Å². The second kappa shape index (κ2) is 5.43. The van der Waals surface area contributed by atoms with Crippen LogP contribution in [-0.4, -0.2) is 14.8 Å². The summed E-state index contributed by atoms with van der Waals surface area (Å²) in [4.78, 5) is 6.15. The van der Waals surface area contributed by atoms with Gasteiger partial charge in [0.2, 0.25) is 0 Å². The Kier molecular flexibility index (Phi) is 3.66. The van der Waals surface area contributed by atoms with E-state index in [0.717, 1.165) is 16.3 Å². The number of hydrogen-bond donors (Lipinski definition) is 1. The molecule has 1 saturated carbocycles. The van der Waals surface area contributed by atoms with Gasteiger partial charge in [-0.15, -0.1) is 11.3 Å². The molecular weight excluding hydrogens is 256 g/mol. The van der Waals surface area contributed by atoms with Crippen molar-refractivity contribution in [1.82, 2.24) is 14.8 Å². The second-order valence-electron chi connectivity index (χ2n) is 5.26. The van der Waals surface area contributed by atoms with E-state index in [1.165, 1.54) is 37.0 Å². The molecule has 2 aromatic rings. The minimum absolute atomic E-state index is 0.532. The average molecular weight is 276 g/mol. The highest BCUT2D eigenvalue weighted by molar-refractivity contribution is 7.12. The molecule has 1 fully saturated rings. The lowest BCUT2D eigenvalue weighted by molar-refractivity contribution is 0.448. The molecule has 2 N–H and O–H groups in total. The predicted molar refractivity (Wildman–Crippen MR) is 78.0 cm³/mol. The molecule has 2 heterocycles. The quantitative estimate of drug-likeness (QED) is 0.937. The van der Waals surface area contributed by atoms with E-state index >= 15 is 0 Å². The fourth-order valence-corrected chi connectivity index (χ4v) is 3.99. The first-order valence-corrected chi connectivity index (χ1v) is 7.78. The molecule has 4 nitrogen and oxygen atoms in total. The van der Waals surface area contributed by atoms with Gasteiger partial charge in [-0.25, -0.2) is 4.98 Å². The standard InChI is InChI=1S/C14H20N4S/c1-18-9-11(8-16-18)13-14(19-12(7-15)17-13)10-5-3-2-4-6-10/h8-10H,2-7,15H2,1H3. The van der Waals surface area contributed by atoms with E-state index in [2.05, 4.69) is 5.10 Å². The van der Waals surface area contributed by atoms with Crippen LogP contribution in [0.25, 0.3) is 11.3 Å². The molecule has 19 heavy (non-hydrogen) atoms. The van der Waals surface area contributed by atoms with Crippen LogP contribution in [0.2, 0.25) is 0 Å². The van der Waals surface area contributed by atoms with Crippen molar-refractivity contribution in [3.63, 3.8) is 0 Å². The van der Waals surface area contributed by atoms with Crippen LogP contribution in [0.15, 0.2) is 12.4 Å². The van der Waals surface area contributed by atoms with Crippen molar-refractivity contribution in [3.05, 3.63) is 22.3 Å². The first kappa shape index (κ1) is 12.8. The number of nitrogens with zero attached hydrogens (tertiary/aromatic N) is 3. The summed E-state index contributed by atoms with van der Waals surface area (Å²) in [5.74, 6) is 0.668. The predicted octanol–water partition coefficient (Wildman–Crippen LogP) is 3.05. The van der Waals surface area contributed by atoms with Gasteiger partial charge >= 0.3 is 0 Å². The summed E-state index contributed by atoms with van der Waals surface area (Å²) < 4.78 is 1.83. The van der Waals surface area contributed by atoms with Gasteiger partial charge in [0.05, 0.1) is 11.9 Å². The third kappa shape index (κ3) is 2.58. The molecule has 3 rings (SSSR count). The van der Waals surface area contributed by atoms with Gasteiger partial charge in [-0.1, -0.05) is 19.3 Å². The van der Waals surface area contributed by atoms with Crippen LogP contribution >= 0.6 is 11.3 Å². The molecule has 0 spiro atoms. The minimum Gasteiger partial charge on any atom is -0.325 e. The number of nitrogens with two attached hydrogens (primary N) is 1. The summed E-state index contributed by atoms with van der Waals surface area (Å²) in [6.07, 6.45) is 10.6. The van der Waals surface area contributed by atoms with Crippen molar-refractivity contribution in [2.45, 2.75) is 44.6 Å². The van der Waals surface area contributed by atoms with Crippen molar-refractivity contribution < 1.29 is 0 Å². The molecule has 0 aliphatic heterocycles. The van der Waals surface area contributed by atoms with Gasteiger partial charge in [-0.2, -0.15) is 5.10 Å². The van der Waals surface area contributed by atoms with E-state index in [0.29, 0.717) is 12.5 Å². The highest BCUT2D eigenvalue weighted by Gasteiger charge is 2.23. The van der Waals surface area contributed by atoms with E-state index in [-0.39, 0.29) is 0 Å². The Labute approximate surface area is 117 Å². The summed E-state index contributed by atoms with van der Waals surface area (Å²) in [6, 6.07) is 0. The molecule has 5 heteroatoms. The third-order valence-electron chi connectivity index (χ3n) is 3.83. The highest BCUT2D eigenvalue weighted by Crippen LogP contribution is 2.41. The molecule has 1 aliphatic carbocycles. The maximum Gasteiger partial charge on any atom is 0.107 e. The molecule has 0 atom stereocenters. The lowest BCUT2D eigenvalue weighted by Crippen LogP contribution is -2.03. The zero-order valence-electron chi connectivity index (χ0n) is 11.3. The van der Waals surface area contributed by atoms with E-state index in [4.69, 9.17) is 10.7 Å². The van der Waals surface area contributed by atoms with Gasteiger partial charge in [-0.05, 0) is 18.8 Å². The van der Waals surface area contributed by atoms with Gasteiger partial charge in [0, 0.05) is 30.2 Å². The Morgan fingerprint density at radius 2 is 2.16 bits per heavy atom. The molecule has 102 valence electrons. The molecule has 0 radical (unpaired) electrons. The summed E-state index contributed by atoms with van der Waals surface area (Å²) in [5.41, 5.74) is 8.01. The molecule has 2 aromatic heterocycles. The monoisotopic (exact) mass is 276 g/mol. The Bertz CT molecular complexity index is 552. The maximum atomic E-state index is 5.77. The van der Waals surface area contributed by atoms with Crippen LogP contribution in [-0.2, 0) is 13.6 Å². The molecule has 0 bridgehead atoms. The summed E-state index contributed by atoms with van der Waals surface area (Å²) >= 11 is 1.80. The van der Waals surface area contributed by atoms with Crippen LogP contribution in [0.1, 0.15) is 47.9 Å². The Balaban J connectivity index is 1.99. The van der Waals surface area contributed by atoms with Gasteiger partial charge in [0.25, 0.3) is 0 Å². The topological polar surface area (TPSA) is 56.7 Å². The van der Waals surface area contributed by atoms with E-state index in [1.807, 2.05) is 24.1 Å². The first-order valence-electron chi connectivity index (χ1n) is 6.96. The molecule has 0 unspecified atom stereocenters. The molecule has 0 saturated heterocycles. The molecule has 0 amide bonds. The fraction of sp³-hybridized carbons (Fsp3) is 0.571. The zero-order chi connectivity index (χ0) is 13.2. The van der Waals surface area contributed by atoms with E-state index in [1.54, 1.807) is 11.3 Å². The zero-order valence-corrected chi connectivity index (χ0v) is 12.1. The highest BCUT2D eigenvalue weighted by atomic mass is 32.1. The number of aromatic nitrogens is 3. The number of aryl methyl sites for hydroxylation is 1. The molecular formula is C14H20N4S. The van der Waals surface area contributed by atoms with Crippen LogP contribution < -0.4 is 5.73 Å². The normalized spacial score (nSPS) is 16.9.